The molecule has 0 aromatic heterocycles. The molecule has 0 spiro atoms. The van der Waals surface area contributed by atoms with Crippen molar-refractivity contribution in [1.82, 2.24) is 4.31 Å². The van der Waals surface area contributed by atoms with Crippen molar-refractivity contribution in [1.29, 1.82) is 0 Å². The highest BCUT2D eigenvalue weighted by atomic mass is 32.2. The van der Waals surface area contributed by atoms with E-state index in [0.29, 0.717) is 5.69 Å². The minimum atomic E-state index is -3.75. The lowest BCUT2D eigenvalue weighted by molar-refractivity contribution is -0.116. The van der Waals surface area contributed by atoms with Crippen molar-refractivity contribution in [2.75, 3.05) is 11.9 Å². The summed E-state index contributed by atoms with van der Waals surface area (Å²) in [5.41, 5.74) is 2.94. The molecule has 1 amide bonds. The van der Waals surface area contributed by atoms with Crippen LogP contribution in [-0.2, 0) is 21.2 Å². The Kier molecular flexibility index (Phi) is 8.27. The fourth-order valence-electron chi connectivity index (χ4n) is 4.10. The van der Waals surface area contributed by atoms with E-state index >= 15 is 0 Å². The van der Waals surface area contributed by atoms with Crippen LogP contribution in [0, 0.1) is 6.92 Å². The topological polar surface area (TPSA) is 66.5 Å². The summed E-state index contributed by atoms with van der Waals surface area (Å²) in [6.07, 6.45) is 8.00. The van der Waals surface area contributed by atoms with Crippen LogP contribution in [0.3, 0.4) is 0 Å². The molecule has 0 bridgehead atoms. The SMILES string of the molecule is CCCCc1ccc(NC(=O)CN(C2CCCCC2)S(=O)(=O)c2ccc(C)cc2)cc1. The first-order valence-electron chi connectivity index (χ1n) is 11.4. The number of rotatable bonds is 9. The van der Waals surface area contributed by atoms with Crippen molar-refractivity contribution >= 4 is 21.6 Å². The molecule has 1 aliphatic rings. The molecule has 0 atom stereocenters. The van der Waals surface area contributed by atoms with Gasteiger partial charge in [0.05, 0.1) is 11.4 Å². The van der Waals surface area contributed by atoms with E-state index in [1.165, 1.54) is 9.87 Å². The summed E-state index contributed by atoms with van der Waals surface area (Å²) >= 11 is 0. The van der Waals surface area contributed by atoms with Crippen molar-refractivity contribution in [3.8, 4) is 0 Å². The molecule has 1 N–H and O–H groups in total. The van der Waals surface area contributed by atoms with Crippen LogP contribution in [0.1, 0.15) is 63.0 Å². The number of hydrogen-bond donors (Lipinski definition) is 1. The number of carbonyl (C=O) groups excluding carboxylic acids is 1. The standard InChI is InChI=1S/C25H34N2O3S/c1-3-4-8-21-13-15-22(16-14-21)26-25(28)19-27(23-9-6-5-7-10-23)31(29,30)24-17-11-20(2)12-18-24/h11-18,23H,3-10,19H2,1-2H3,(H,26,28). The fraction of sp³-hybridized carbons (Fsp3) is 0.480. The van der Waals surface area contributed by atoms with E-state index < -0.39 is 10.0 Å². The zero-order chi connectivity index (χ0) is 22.3. The number of amides is 1. The Bertz CT molecular complexity index is 947. The third-order valence-corrected chi connectivity index (χ3v) is 7.88. The minimum Gasteiger partial charge on any atom is -0.325 e. The van der Waals surface area contributed by atoms with Gasteiger partial charge in [0.1, 0.15) is 0 Å². The number of nitrogens with zero attached hydrogens (tertiary/aromatic N) is 1. The van der Waals surface area contributed by atoms with Gasteiger partial charge in [0.25, 0.3) is 0 Å². The third kappa shape index (κ3) is 6.40. The summed E-state index contributed by atoms with van der Waals surface area (Å²) in [4.78, 5) is 13.1. The first kappa shape index (κ1) is 23.5. The molecule has 0 aliphatic heterocycles. The molecule has 31 heavy (non-hydrogen) atoms. The Labute approximate surface area is 186 Å². The normalized spacial score (nSPS) is 15.2. The highest BCUT2D eigenvalue weighted by molar-refractivity contribution is 7.89. The van der Waals surface area contributed by atoms with E-state index in [2.05, 4.69) is 12.2 Å². The molecular formula is C25H34N2O3S. The van der Waals surface area contributed by atoms with E-state index in [1.807, 2.05) is 31.2 Å². The van der Waals surface area contributed by atoms with Gasteiger partial charge in [-0.3, -0.25) is 4.79 Å². The lowest BCUT2D eigenvalue weighted by Crippen LogP contribution is -2.45. The van der Waals surface area contributed by atoms with Gasteiger partial charge in [-0.05, 0) is 62.4 Å². The van der Waals surface area contributed by atoms with Gasteiger partial charge in [-0.15, -0.1) is 0 Å². The molecule has 1 saturated carbocycles. The van der Waals surface area contributed by atoms with Gasteiger partial charge in [0, 0.05) is 11.7 Å². The number of benzene rings is 2. The molecule has 0 radical (unpaired) electrons. The maximum Gasteiger partial charge on any atom is 0.243 e. The lowest BCUT2D eigenvalue weighted by atomic mass is 9.95. The molecule has 0 saturated heterocycles. The van der Waals surface area contributed by atoms with Crippen LogP contribution in [0.2, 0.25) is 0 Å². The first-order valence-corrected chi connectivity index (χ1v) is 12.8. The highest BCUT2D eigenvalue weighted by Crippen LogP contribution is 2.28. The smallest absolute Gasteiger partial charge is 0.243 e. The molecule has 0 heterocycles. The Morgan fingerprint density at radius 2 is 1.65 bits per heavy atom. The molecular weight excluding hydrogens is 408 g/mol. The Hall–Kier alpha value is -2.18. The van der Waals surface area contributed by atoms with Crippen LogP contribution < -0.4 is 5.32 Å². The quantitative estimate of drug-likeness (QED) is 0.573. The molecule has 0 unspecified atom stereocenters. The van der Waals surface area contributed by atoms with Crippen molar-refractivity contribution in [3.05, 3.63) is 59.7 Å². The number of hydrogen-bond acceptors (Lipinski definition) is 3. The van der Waals surface area contributed by atoms with E-state index in [-0.39, 0.29) is 23.4 Å². The fourth-order valence-corrected chi connectivity index (χ4v) is 5.74. The molecule has 168 valence electrons. The van der Waals surface area contributed by atoms with Gasteiger partial charge in [0.2, 0.25) is 15.9 Å². The molecule has 1 fully saturated rings. The zero-order valence-electron chi connectivity index (χ0n) is 18.6. The van der Waals surface area contributed by atoms with Gasteiger partial charge in [-0.2, -0.15) is 4.31 Å². The predicted octanol–water partition coefficient (Wildman–Crippen LogP) is 5.30. The highest BCUT2D eigenvalue weighted by Gasteiger charge is 2.33. The van der Waals surface area contributed by atoms with Crippen LogP contribution in [0.4, 0.5) is 5.69 Å². The monoisotopic (exact) mass is 442 g/mol. The summed E-state index contributed by atoms with van der Waals surface area (Å²) in [5.74, 6) is -0.303. The summed E-state index contributed by atoms with van der Waals surface area (Å²) in [5, 5.41) is 2.88. The lowest BCUT2D eigenvalue weighted by Gasteiger charge is -2.33. The van der Waals surface area contributed by atoms with E-state index in [0.717, 1.165) is 56.9 Å². The number of nitrogens with one attached hydrogen (secondary N) is 1. The second-order valence-electron chi connectivity index (χ2n) is 8.50. The maximum atomic E-state index is 13.4. The minimum absolute atomic E-state index is 0.137. The number of unbranched alkanes of at least 4 members (excludes halogenated alkanes) is 1. The van der Waals surface area contributed by atoms with Gasteiger partial charge in [0.15, 0.2) is 0 Å². The number of aryl methyl sites for hydroxylation is 2. The molecule has 1 aliphatic carbocycles. The summed E-state index contributed by atoms with van der Waals surface area (Å²) in [7, 11) is -3.75. The molecule has 3 rings (SSSR count). The van der Waals surface area contributed by atoms with E-state index in [4.69, 9.17) is 0 Å². The van der Waals surface area contributed by atoms with Crippen molar-refractivity contribution in [2.45, 2.75) is 76.2 Å². The van der Waals surface area contributed by atoms with Crippen LogP contribution in [-0.4, -0.2) is 31.2 Å². The zero-order valence-corrected chi connectivity index (χ0v) is 19.5. The van der Waals surface area contributed by atoms with Gasteiger partial charge >= 0.3 is 0 Å². The summed E-state index contributed by atoms with van der Waals surface area (Å²) in [6, 6.07) is 14.5. The van der Waals surface area contributed by atoms with Gasteiger partial charge < -0.3 is 5.32 Å². The molecule has 2 aromatic carbocycles. The van der Waals surface area contributed by atoms with Crippen LogP contribution in [0.15, 0.2) is 53.4 Å². The maximum absolute atomic E-state index is 13.4. The number of anilines is 1. The summed E-state index contributed by atoms with van der Waals surface area (Å²) in [6.45, 7) is 3.92. The Morgan fingerprint density at radius 3 is 2.26 bits per heavy atom. The van der Waals surface area contributed by atoms with Crippen molar-refractivity contribution in [3.63, 3.8) is 0 Å². The molecule has 5 nitrogen and oxygen atoms in total. The Morgan fingerprint density at radius 1 is 1.00 bits per heavy atom. The van der Waals surface area contributed by atoms with Crippen LogP contribution in [0.5, 0.6) is 0 Å². The number of sulfonamides is 1. The molecule has 6 heteroatoms. The van der Waals surface area contributed by atoms with Crippen molar-refractivity contribution in [2.24, 2.45) is 0 Å². The number of carbonyl (C=O) groups is 1. The van der Waals surface area contributed by atoms with Gasteiger partial charge in [-0.1, -0.05) is 62.4 Å². The van der Waals surface area contributed by atoms with Crippen LogP contribution in [0.25, 0.3) is 0 Å². The predicted molar refractivity (Wildman–Crippen MR) is 126 cm³/mol. The average Bonchev–Trinajstić information content (AvgIpc) is 2.78. The van der Waals surface area contributed by atoms with E-state index in [9.17, 15) is 13.2 Å². The molecule has 2 aromatic rings. The Balaban J connectivity index is 1.75. The average molecular weight is 443 g/mol. The van der Waals surface area contributed by atoms with Crippen LogP contribution >= 0.6 is 0 Å². The van der Waals surface area contributed by atoms with Gasteiger partial charge in [-0.25, -0.2) is 8.42 Å². The third-order valence-electron chi connectivity index (χ3n) is 5.97. The second-order valence-corrected chi connectivity index (χ2v) is 10.4. The van der Waals surface area contributed by atoms with Crippen molar-refractivity contribution < 1.29 is 13.2 Å². The first-order chi connectivity index (χ1) is 14.9. The summed E-state index contributed by atoms with van der Waals surface area (Å²) < 4.78 is 28.3. The second kappa shape index (κ2) is 10.9. The van der Waals surface area contributed by atoms with E-state index in [1.54, 1.807) is 24.3 Å². The largest absolute Gasteiger partial charge is 0.325 e.